The number of hydrogen-bond donors (Lipinski definition) is 0. The summed E-state index contributed by atoms with van der Waals surface area (Å²) < 4.78 is 5.34. The molecule has 0 aromatic rings. The zero-order valence-corrected chi connectivity index (χ0v) is 20.0. The maximum atomic E-state index is 5.34. The smallest absolute Gasteiger partial charge is 0.0506 e. The monoisotopic (exact) mass is 362 g/mol. The summed E-state index contributed by atoms with van der Waals surface area (Å²) in [7, 11) is 6.39. The van der Waals surface area contributed by atoms with Crippen molar-refractivity contribution in [2.75, 3.05) is 54.0 Å². The highest BCUT2D eigenvalue weighted by atomic mass is 16.5. The molecule has 0 N–H and O–H groups in total. The Balaban J connectivity index is -0.000000129. The Hall–Kier alpha value is -0.120. The molecule has 1 saturated heterocycles. The lowest BCUT2D eigenvalue weighted by atomic mass is 10.1. The molecule has 1 atom stereocenters. The van der Waals surface area contributed by atoms with Gasteiger partial charge in [0.25, 0.3) is 0 Å². The number of ether oxygens (including phenoxy) is 1. The molecule has 3 nitrogen and oxygen atoms in total. The normalized spacial score (nSPS) is 15.6. The summed E-state index contributed by atoms with van der Waals surface area (Å²) >= 11 is 0. The SMILES string of the molecule is CC.CC.CCCC.CCCCN(C)C.CCOCC1CCN(C)C1. The van der Waals surface area contributed by atoms with Gasteiger partial charge in [-0.25, -0.2) is 0 Å². The average molecular weight is 363 g/mol. The molecule has 1 fully saturated rings. The summed E-state index contributed by atoms with van der Waals surface area (Å²) in [5, 5.41) is 0. The molecule has 1 aliphatic heterocycles. The largest absolute Gasteiger partial charge is 0.381 e. The van der Waals surface area contributed by atoms with Gasteiger partial charge in [-0.3, -0.25) is 0 Å². The fraction of sp³-hybridized carbons (Fsp3) is 1.00. The van der Waals surface area contributed by atoms with Crippen molar-refractivity contribution in [3.05, 3.63) is 0 Å². The molecule has 0 radical (unpaired) electrons. The van der Waals surface area contributed by atoms with Crippen LogP contribution in [0.3, 0.4) is 0 Å². The van der Waals surface area contributed by atoms with E-state index in [9.17, 15) is 0 Å². The zero-order chi connectivity index (χ0) is 20.5. The van der Waals surface area contributed by atoms with Crippen LogP contribution in [-0.4, -0.2) is 63.8 Å². The van der Waals surface area contributed by atoms with Crippen LogP contribution in [-0.2, 0) is 4.74 Å². The van der Waals surface area contributed by atoms with Crippen LogP contribution in [0.15, 0.2) is 0 Å². The molecule has 0 amide bonds. The lowest BCUT2D eigenvalue weighted by Gasteiger charge is -2.09. The third kappa shape index (κ3) is 35.8. The third-order valence-electron chi connectivity index (χ3n) is 3.51. The topological polar surface area (TPSA) is 15.7 Å². The summed E-state index contributed by atoms with van der Waals surface area (Å²) in [5.74, 6) is 0.796. The van der Waals surface area contributed by atoms with E-state index in [-0.39, 0.29) is 0 Å². The quantitative estimate of drug-likeness (QED) is 0.537. The van der Waals surface area contributed by atoms with Gasteiger partial charge in [-0.05, 0) is 59.9 Å². The average Bonchev–Trinajstić information content (AvgIpc) is 3.07. The molecule has 1 unspecified atom stereocenters. The highest BCUT2D eigenvalue weighted by molar-refractivity contribution is 4.71. The molecule has 3 heteroatoms. The Morgan fingerprint density at radius 3 is 1.68 bits per heavy atom. The predicted molar refractivity (Wildman–Crippen MR) is 119 cm³/mol. The number of nitrogens with zero attached hydrogens (tertiary/aromatic N) is 2. The van der Waals surface area contributed by atoms with Crippen molar-refractivity contribution in [2.45, 2.75) is 87.5 Å². The Kier molecular flexibility index (Phi) is 41.2. The molecule has 0 saturated carbocycles. The molecule has 0 aromatic heterocycles. The molecule has 158 valence electrons. The lowest BCUT2D eigenvalue weighted by molar-refractivity contribution is 0.113. The summed E-state index contributed by atoms with van der Waals surface area (Å²) in [4.78, 5) is 4.58. The van der Waals surface area contributed by atoms with Crippen molar-refractivity contribution in [3.8, 4) is 0 Å². The molecule has 0 spiro atoms. The van der Waals surface area contributed by atoms with E-state index in [4.69, 9.17) is 4.74 Å². The molecule has 0 aliphatic carbocycles. The fourth-order valence-corrected chi connectivity index (χ4v) is 1.92. The van der Waals surface area contributed by atoms with E-state index >= 15 is 0 Å². The van der Waals surface area contributed by atoms with Crippen LogP contribution in [0.1, 0.15) is 87.5 Å². The van der Waals surface area contributed by atoms with Gasteiger partial charge in [0.1, 0.15) is 0 Å². The molecule has 0 aromatic carbocycles. The van der Waals surface area contributed by atoms with E-state index in [1.807, 2.05) is 27.7 Å². The summed E-state index contributed by atoms with van der Waals surface area (Å²) in [6.45, 7) is 22.2. The maximum Gasteiger partial charge on any atom is 0.0506 e. The van der Waals surface area contributed by atoms with Crippen LogP contribution in [0.4, 0.5) is 0 Å². The van der Waals surface area contributed by atoms with Gasteiger partial charge in [0.2, 0.25) is 0 Å². The first kappa shape index (κ1) is 32.5. The Bertz CT molecular complexity index is 185. The standard InChI is InChI=1S/C8H17NO.C6H15N.C4H10.2C2H6/c1-3-10-7-8-4-5-9(2)6-8;1-4-5-6-7(2)3;1-3-4-2;2*1-2/h8H,3-7H2,1-2H3;4-6H2,1-3H3;3-4H2,1-2H3;2*1-2H3. The highest BCUT2D eigenvalue weighted by Gasteiger charge is 2.18. The van der Waals surface area contributed by atoms with E-state index in [2.05, 4.69) is 58.6 Å². The number of hydrogen-bond acceptors (Lipinski definition) is 3. The van der Waals surface area contributed by atoms with Crippen molar-refractivity contribution in [1.29, 1.82) is 0 Å². The van der Waals surface area contributed by atoms with Gasteiger partial charge >= 0.3 is 0 Å². The van der Waals surface area contributed by atoms with E-state index < -0.39 is 0 Å². The van der Waals surface area contributed by atoms with Crippen molar-refractivity contribution in [1.82, 2.24) is 9.80 Å². The minimum Gasteiger partial charge on any atom is -0.381 e. The Labute approximate surface area is 162 Å². The number of unbranched alkanes of at least 4 members (excludes halogenated alkanes) is 2. The third-order valence-corrected chi connectivity index (χ3v) is 3.51. The van der Waals surface area contributed by atoms with Crippen molar-refractivity contribution < 1.29 is 4.74 Å². The van der Waals surface area contributed by atoms with Gasteiger partial charge in [0, 0.05) is 13.2 Å². The van der Waals surface area contributed by atoms with Crippen LogP contribution in [0.2, 0.25) is 0 Å². The predicted octanol–water partition coefficient (Wildman–Crippen LogP) is 6.18. The van der Waals surface area contributed by atoms with Gasteiger partial charge in [-0.2, -0.15) is 0 Å². The van der Waals surface area contributed by atoms with Crippen molar-refractivity contribution in [3.63, 3.8) is 0 Å². The molecule has 0 bridgehead atoms. The van der Waals surface area contributed by atoms with Crippen molar-refractivity contribution >= 4 is 0 Å². The van der Waals surface area contributed by atoms with Gasteiger partial charge in [-0.15, -0.1) is 0 Å². The molecule has 1 heterocycles. The Morgan fingerprint density at radius 2 is 1.44 bits per heavy atom. The number of likely N-dealkylation sites (tertiary alicyclic amines) is 1. The van der Waals surface area contributed by atoms with Crippen molar-refractivity contribution in [2.24, 2.45) is 5.92 Å². The van der Waals surface area contributed by atoms with Gasteiger partial charge in [0.15, 0.2) is 0 Å². The van der Waals surface area contributed by atoms with Gasteiger partial charge < -0.3 is 14.5 Å². The second kappa shape index (κ2) is 31.6. The second-order valence-electron chi connectivity index (χ2n) is 6.23. The van der Waals surface area contributed by atoms with E-state index in [1.54, 1.807) is 0 Å². The highest BCUT2D eigenvalue weighted by Crippen LogP contribution is 2.13. The lowest BCUT2D eigenvalue weighted by Crippen LogP contribution is -2.16. The minimum atomic E-state index is 0.796. The summed E-state index contributed by atoms with van der Waals surface area (Å²) in [6.07, 6.45) is 6.58. The summed E-state index contributed by atoms with van der Waals surface area (Å²) in [5.41, 5.74) is 0. The maximum absolute atomic E-state index is 5.34. The van der Waals surface area contributed by atoms with E-state index in [0.717, 1.165) is 19.1 Å². The second-order valence-corrected chi connectivity index (χ2v) is 6.23. The molecular formula is C22H54N2O. The fourth-order valence-electron chi connectivity index (χ4n) is 1.92. The van der Waals surface area contributed by atoms with E-state index in [0.29, 0.717) is 0 Å². The zero-order valence-electron chi connectivity index (χ0n) is 20.0. The first-order valence-corrected chi connectivity index (χ1v) is 10.9. The number of rotatable bonds is 7. The molecule has 25 heavy (non-hydrogen) atoms. The molecular weight excluding hydrogens is 308 g/mol. The van der Waals surface area contributed by atoms with Crippen LogP contribution in [0.5, 0.6) is 0 Å². The van der Waals surface area contributed by atoms with Crippen LogP contribution in [0.25, 0.3) is 0 Å². The van der Waals surface area contributed by atoms with Gasteiger partial charge in [0.05, 0.1) is 6.61 Å². The van der Waals surface area contributed by atoms with Gasteiger partial charge in [-0.1, -0.05) is 67.7 Å². The molecule has 1 rings (SSSR count). The first-order chi connectivity index (χ1) is 12.0. The minimum absolute atomic E-state index is 0.796. The molecule has 1 aliphatic rings. The summed E-state index contributed by atoms with van der Waals surface area (Å²) in [6, 6.07) is 0. The first-order valence-electron chi connectivity index (χ1n) is 10.9. The van der Waals surface area contributed by atoms with Crippen LogP contribution < -0.4 is 0 Å². The Morgan fingerprint density at radius 1 is 0.920 bits per heavy atom. The van der Waals surface area contributed by atoms with E-state index in [1.165, 1.54) is 51.7 Å². The van der Waals surface area contributed by atoms with Crippen LogP contribution >= 0.6 is 0 Å². The van der Waals surface area contributed by atoms with Crippen LogP contribution in [0, 0.1) is 5.92 Å².